The van der Waals surface area contributed by atoms with Gasteiger partial charge in [-0.2, -0.15) is 5.10 Å². The Hall–Kier alpha value is -3.33. The molecule has 0 aliphatic heterocycles. The van der Waals surface area contributed by atoms with E-state index in [9.17, 15) is 10.1 Å². The van der Waals surface area contributed by atoms with Crippen molar-refractivity contribution in [3.8, 4) is 0 Å². The van der Waals surface area contributed by atoms with Crippen LogP contribution in [0, 0.1) is 17.0 Å². The quantitative estimate of drug-likeness (QED) is 0.282. The Morgan fingerprint density at radius 1 is 1.29 bits per heavy atom. The molecule has 0 bridgehead atoms. The minimum Gasteiger partial charge on any atom is -0.358 e. The highest BCUT2D eigenvalue weighted by atomic mass is 32.1. The predicted molar refractivity (Wildman–Crippen MR) is 112 cm³/mol. The number of anilines is 1. The second-order valence-corrected chi connectivity index (χ2v) is 7.83. The average molecular weight is 394 g/mol. The second-order valence-electron chi connectivity index (χ2n) is 6.77. The standard InChI is InChI=1S/C19H18N6O2S/c1-10(2)17-7-14-18(20-9-21-19(14)28-17)24-22-8-15-11(3)23-16-5-4-12(25(26)27)6-13(15)16/h4-10,23H,1-3H3,(H,20,21,24)/b22-8+. The van der Waals surface area contributed by atoms with Crippen molar-refractivity contribution in [1.82, 2.24) is 15.0 Å². The molecular weight excluding hydrogens is 376 g/mol. The van der Waals surface area contributed by atoms with Crippen molar-refractivity contribution in [3.63, 3.8) is 0 Å². The summed E-state index contributed by atoms with van der Waals surface area (Å²) in [6, 6.07) is 6.83. The topological polar surface area (TPSA) is 109 Å². The van der Waals surface area contributed by atoms with Gasteiger partial charge in [0.1, 0.15) is 11.2 Å². The molecule has 0 fully saturated rings. The van der Waals surface area contributed by atoms with E-state index in [2.05, 4.69) is 45.4 Å². The maximum Gasteiger partial charge on any atom is 0.270 e. The van der Waals surface area contributed by atoms with Crippen LogP contribution in [0.1, 0.15) is 35.9 Å². The van der Waals surface area contributed by atoms with Crippen LogP contribution < -0.4 is 5.43 Å². The molecule has 0 amide bonds. The van der Waals surface area contributed by atoms with Gasteiger partial charge in [0.25, 0.3) is 5.69 Å². The highest BCUT2D eigenvalue weighted by Crippen LogP contribution is 2.32. The number of nitro groups is 1. The number of fused-ring (bicyclic) bond motifs is 2. The molecule has 9 heteroatoms. The Bertz CT molecular complexity index is 1220. The van der Waals surface area contributed by atoms with Gasteiger partial charge < -0.3 is 4.98 Å². The van der Waals surface area contributed by atoms with Crippen molar-refractivity contribution in [1.29, 1.82) is 0 Å². The Balaban J connectivity index is 1.67. The molecule has 0 aliphatic carbocycles. The van der Waals surface area contributed by atoms with Crippen LogP contribution in [0.2, 0.25) is 0 Å². The number of aromatic amines is 1. The summed E-state index contributed by atoms with van der Waals surface area (Å²) in [5, 5.41) is 17.1. The molecule has 3 aromatic heterocycles. The third kappa shape index (κ3) is 3.20. The summed E-state index contributed by atoms with van der Waals surface area (Å²) in [5.74, 6) is 1.05. The zero-order chi connectivity index (χ0) is 19.8. The monoisotopic (exact) mass is 394 g/mol. The number of nitro benzene ring substituents is 1. The van der Waals surface area contributed by atoms with Crippen molar-refractivity contribution in [2.45, 2.75) is 26.7 Å². The van der Waals surface area contributed by atoms with E-state index in [1.165, 1.54) is 17.3 Å². The van der Waals surface area contributed by atoms with Crippen molar-refractivity contribution in [2.75, 3.05) is 5.43 Å². The summed E-state index contributed by atoms with van der Waals surface area (Å²) >= 11 is 1.65. The molecule has 0 radical (unpaired) electrons. The van der Waals surface area contributed by atoms with Crippen LogP contribution >= 0.6 is 11.3 Å². The molecule has 2 N–H and O–H groups in total. The van der Waals surface area contributed by atoms with E-state index < -0.39 is 4.92 Å². The molecule has 0 saturated carbocycles. The van der Waals surface area contributed by atoms with Gasteiger partial charge in [-0.25, -0.2) is 9.97 Å². The number of non-ortho nitro benzene ring substituents is 1. The number of thiophene rings is 1. The van der Waals surface area contributed by atoms with E-state index in [-0.39, 0.29) is 5.69 Å². The van der Waals surface area contributed by atoms with E-state index in [0.29, 0.717) is 11.7 Å². The first-order chi connectivity index (χ1) is 13.4. The molecule has 4 aromatic rings. The van der Waals surface area contributed by atoms with Crippen LogP contribution in [-0.4, -0.2) is 26.1 Å². The summed E-state index contributed by atoms with van der Waals surface area (Å²) in [7, 11) is 0. The van der Waals surface area contributed by atoms with Crippen LogP contribution in [-0.2, 0) is 0 Å². The lowest BCUT2D eigenvalue weighted by Gasteiger charge is -2.00. The molecule has 142 valence electrons. The lowest BCUT2D eigenvalue weighted by Crippen LogP contribution is -1.95. The minimum absolute atomic E-state index is 0.0473. The number of hydrogen-bond donors (Lipinski definition) is 2. The summed E-state index contributed by atoms with van der Waals surface area (Å²) in [6.45, 7) is 6.19. The van der Waals surface area contributed by atoms with E-state index in [1.807, 2.05) is 6.92 Å². The van der Waals surface area contributed by atoms with E-state index in [4.69, 9.17) is 0 Å². The van der Waals surface area contributed by atoms with Crippen LogP contribution in [0.5, 0.6) is 0 Å². The molecule has 4 rings (SSSR count). The van der Waals surface area contributed by atoms with Crippen molar-refractivity contribution < 1.29 is 4.92 Å². The summed E-state index contributed by atoms with van der Waals surface area (Å²) < 4.78 is 0. The fourth-order valence-corrected chi connectivity index (χ4v) is 4.02. The zero-order valence-electron chi connectivity index (χ0n) is 15.6. The van der Waals surface area contributed by atoms with Crippen molar-refractivity contribution in [3.05, 3.63) is 56.8 Å². The van der Waals surface area contributed by atoms with Gasteiger partial charge in [-0.1, -0.05) is 13.8 Å². The summed E-state index contributed by atoms with van der Waals surface area (Å²) in [4.78, 5) is 24.7. The third-order valence-electron chi connectivity index (χ3n) is 4.51. The van der Waals surface area contributed by atoms with Gasteiger partial charge in [-0.05, 0) is 25.0 Å². The summed E-state index contributed by atoms with van der Waals surface area (Å²) in [5.41, 5.74) is 5.54. The number of benzene rings is 1. The van der Waals surface area contributed by atoms with Gasteiger partial charge in [0.15, 0.2) is 5.82 Å². The molecule has 0 spiro atoms. The van der Waals surface area contributed by atoms with E-state index in [0.717, 1.165) is 32.4 Å². The number of aromatic nitrogens is 3. The highest BCUT2D eigenvalue weighted by molar-refractivity contribution is 7.18. The normalized spacial score (nSPS) is 11.9. The Labute approximate surface area is 164 Å². The molecule has 0 atom stereocenters. The number of rotatable bonds is 5. The van der Waals surface area contributed by atoms with Crippen molar-refractivity contribution in [2.24, 2.45) is 5.10 Å². The lowest BCUT2D eigenvalue weighted by atomic mass is 10.1. The Kier molecular flexibility index (Phi) is 4.52. The molecule has 0 aliphatic rings. The zero-order valence-corrected chi connectivity index (χ0v) is 16.4. The van der Waals surface area contributed by atoms with Gasteiger partial charge in [-0.3, -0.25) is 15.5 Å². The molecular formula is C19H18N6O2S. The van der Waals surface area contributed by atoms with Gasteiger partial charge in [0.05, 0.1) is 16.5 Å². The Morgan fingerprint density at radius 2 is 2.11 bits per heavy atom. The molecule has 8 nitrogen and oxygen atoms in total. The molecule has 0 unspecified atom stereocenters. The first-order valence-electron chi connectivity index (χ1n) is 8.74. The fraction of sp³-hybridized carbons (Fsp3) is 0.211. The van der Waals surface area contributed by atoms with Gasteiger partial charge in [-0.15, -0.1) is 11.3 Å². The number of hydrogen-bond acceptors (Lipinski definition) is 7. The first-order valence-corrected chi connectivity index (χ1v) is 9.56. The number of nitrogens with zero attached hydrogens (tertiary/aromatic N) is 4. The first kappa shape index (κ1) is 18.1. The van der Waals surface area contributed by atoms with E-state index >= 15 is 0 Å². The number of nitrogens with one attached hydrogen (secondary N) is 2. The maximum atomic E-state index is 11.1. The minimum atomic E-state index is -0.401. The molecule has 28 heavy (non-hydrogen) atoms. The summed E-state index contributed by atoms with van der Waals surface area (Å²) in [6.07, 6.45) is 3.17. The van der Waals surface area contributed by atoms with Gasteiger partial charge in [0, 0.05) is 39.2 Å². The SMILES string of the molecule is Cc1[nH]c2ccc([N+](=O)[O-])cc2c1/C=N/Nc1ncnc2sc(C(C)C)cc12. The second kappa shape index (κ2) is 7.01. The van der Waals surface area contributed by atoms with E-state index in [1.54, 1.807) is 29.7 Å². The van der Waals surface area contributed by atoms with Gasteiger partial charge in [0.2, 0.25) is 0 Å². The van der Waals surface area contributed by atoms with Crippen LogP contribution in [0.15, 0.2) is 35.7 Å². The fourth-order valence-electron chi connectivity index (χ4n) is 3.02. The van der Waals surface area contributed by atoms with Crippen LogP contribution in [0.3, 0.4) is 0 Å². The Morgan fingerprint density at radius 3 is 2.86 bits per heavy atom. The average Bonchev–Trinajstić information content (AvgIpc) is 3.23. The smallest absolute Gasteiger partial charge is 0.270 e. The number of hydrazone groups is 1. The van der Waals surface area contributed by atoms with Gasteiger partial charge >= 0.3 is 0 Å². The van der Waals surface area contributed by atoms with Crippen LogP contribution in [0.25, 0.3) is 21.1 Å². The number of aryl methyl sites for hydroxylation is 1. The van der Waals surface area contributed by atoms with Crippen molar-refractivity contribution >= 4 is 50.2 Å². The molecule has 3 heterocycles. The number of H-pyrrole nitrogens is 1. The highest BCUT2D eigenvalue weighted by Gasteiger charge is 2.13. The maximum absolute atomic E-state index is 11.1. The van der Waals surface area contributed by atoms with Crippen LogP contribution in [0.4, 0.5) is 11.5 Å². The predicted octanol–water partition coefficient (Wildman–Crippen LogP) is 4.96. The largest absolute Gasteiger partial charge is 0.358 e. The lowest BCUT2D eigenvalue weighted by molar-refractivity contribution is -0.384. The molecule has 0 saturated heterocycles. The third-order valence-corrected chi connectivity index (χ3v) is 5.86. The molecule has 1 aromatic carbocycles.